The summed E-state index contributed by atoms with van der Waals surface area (Å²) >= 11 is 0. The maximum atomic E-state index is 9.25. The molecule has 0 spiro atoms. The Bertz CT molecular complexity index is 222. The number of hydrogen-bond acceptors (Lipinski definition) is 4. The van der Waals surface area contributed by atoms with E-state index in [0.717, 1.165) is 6.42 Å². The summed E-state index contributed by atoms with van der Waals surface area (Å²) in [6.45, 7) is 10.8. The van der Waals surface area contributed by atoms with Gasteiger partial charge in [0.25, 0.3) is 5.95 Å². The lowest BCUT2D eigenvalue weighted by atomic mass is 9.89. The van der Waals surface area contributed by atoms with Crippen LogP contribution in [0.3, 0.4) is 0 Å². The van der Waals surface area contributed by atoms with E-state index in [1.54, 1.807) is 0 Å². The molecule has 0 radical (unpaired) electrons. The lowest BCUT2D eigenvalue weighted by Crippen LogP contribution is -2.36. The standard InChI is InChI=1S/C12H22O4/c1-9-14-7-11(8-15-9)16-10(6-13)5-12(2,3)4/h10-11,13H,1,5-8H2,2-4H3. The molecule has 0 aromatic rings. The van der Waals surface area contributed by atoms with Crippen LogP contribution in [0.4, 0.5) is 0 Å². The van der Waals surface area contributed by atoms with Crippen molar-refractivity contribution in [2.24, 2.45) is 5.41 Å². The predicted molar refractivity (Wildman–Crippen MR) is 60.9 cm³/mol. The normalized spacial score (nSPS) is 20.1. The molecule has 1 atom stereocenters. The Morgan fingerprint density at radius 2 is 2.00 bits per heavy atom. The van der Waals surface area contributed by atoms with Gasteiger partial charge in [0.15, 0.2) is 0 Å². The third kappa shape index (κ3) is 4.86. The zero-order valence-electron chi connectivity index (χ0n) is 10.4. The average molecular weight is 230 g/mol. The Balaban J connectivity index is 2.35. The van der Waals surface area contributed by atoms with Crippen LogP contribution in [0, 0.1) is 5.41 Å². The van der Waals surface area contributed by atoms with Crippen molar-refractivity contribution in [3.05, 3.63) is 12.5 Å². The third-order valence-electron chi connectivity index (χ3n) is 2.29. The molecular weight excluding hydrogens is 208 g/mol. The maximum Gasteiger partial charge on any atom is 0.271 e. The second-order valence-corrected chi connectivity index (χ2v) is 5.32. The van der Waals surface area contributed by atoms with E-state index in [9.17, 15) is 5.11 Å². The Kier molecular flexibility index (Phi) is 4.62. The van der Waals surface area contributed by atoms with E-state index in [4.69, 9.17) is 14.2 Å². The molecule has 0 aliphatic carbocycles. The van der Waals surface area contributed by atoms with Gasteiger partial charge < -0.3 is 19.3 Å². The molecular formula is C12H22O4. The summed E-state index contributed by atoms with van der Waals surface area (Å²) < 4.78 is 16.0. The molecule has 1 heterocycles. The summed E-state index contributed by atoms with van der Waals surface area (Å²) in [6.07, 6.45) is 0.523. The minimum absolute atomic E-state index is 0.0225. The summed E-state index contributed by atoms with van der Waals surface area (Å²) in [5, 5.41) is 9.25. The summed E-state index contributed by atoms with van der Waals surface area (Å²) in [7, 11) is 0. The highest BCUT2D eigenvalue weighted by Gasteiger charge is 2.25. The second kappa shape index (κ2) is 5.55. The van der Waals surface area contributed by atoms with Gasteiger partial charge in [0.05, 0.1) is 12.7 Å². The molecule has 1 fully saturated rings. The predicted octanol–water partition coefficient (Wildman–Crippen LogP) is 1.69. The van der Waals surface area contributed by atoms with Crippen molar-refractivity contribution in [3.63, 3.8) is 0 Å². The number of ether oxygens (including phenoxy) is 3. The van der Waals surface area contributed by atoms with Crippen LogP contribution in [0.25, 0.3) is 0 Å². The van der Waals surface area contributed by atoms with Crippen molar-refractivity contribution in [2.45, 2.75) is 39.4 Å². The molecule has 1 unspecified atom stereocenters. The molecule has 0 bridgehead atoms. The van der Waals surface area contributed by atoms with Crippen LogP contribution in [0.2, 0.25) is 0 Å². The topological polar surface area (TPSA) is 47.9 Å². The maximum absolute atomic E-state index is 9.25. The first-order valence-corrected chi connectivity index (χ1v) is 5.61. The molecule has 16 heavy (non-hydrogen) atoms. The van der Waals surface area contributed by atoms with Gasteiger partial charge in [-0.3, -0.25) is 0 Å². The Morgan fingerprint density at radius 3 is 2.44 bits per heavy atom. The third-order valence-corrected chi connectivity index (χ3v) is 2.29. The molecule has 0 aromatic carbocycles. The molecule has 0 amide bonds. The summed E-state index contributed by atoms with van der Waals surface area (Å²) in [4.78, 5) is 0. The lowest BCUT2D eigenvalue weighted by molar-refractivity contribution is -0.148. The van der Waals surface area contributed by atoms with E-state index in [1.165, 1.54) is 0 Å². The van der Waals surface area contributed by atoms with Crippen molar-refractivity contribution < 1.29 is 19.3 Å². The van der Waals surface area contributed by atoms with Crippen LogP contribution in [0.5, 0.6) is 0 Å². The minimum atomic E-state index is -0.163. The highest BCUT2D eigenvalue weighted by molar-refractivity contribution is 4.77. The molecule has 4 heteroatoms. The second-order valence-electron chi connectivity index (χ2n) is 5.32. The number of rotatable bonds is 4. The van der Waals surface area contributed by atoms with Gasteiger partial charge in [0, 0.05) is 0 Å². The molecule has 4 nitrogen and oxygen atoms in total. The van der Waals surface area contributed by atoms with Gasteiger partial charge >= 0.3 is 0 Å². The quantitative estimate of drug-likeness (QED) is 0.798. The van der Waals surface area contributed by atoms with Crippen molar-refractivity contribution in [1.29, 1.82) is 0 Å². The van der Waals surface area contributed by atoms with E-state index < -0.39 is 0 Å². The first kappa shape index (κ1) is 13.3. The largest absolute Gasteiger partial charge is 0.463 e. The van der Waals surface area contributed by atoms with Gasteiger partial charge in [0.2, 0.25) is 0 Å². The number of aliphatic hydroxyl groups excluding tert-OH is 1. The van der Waals surface area contributed by atoms with Gasteiger partial charge in [-0.15, -0.1) is 0 Å². The molecule has 1 saturated heterocycles. The highest BCUT2D eigenvalue weighted by Crippen LogP contribution is 2.23. The molecule has 1 rings (SSSR count). The van der Waals surface area contributed by atoms with Crippen molar-refractivity contribution in [3.8, 4) is 0 Å². The first-order valence-electron chi connectivity index (χ1n) is 5.61. The van der Waals surface area contributed by atoms with Crippen LogP contribution in [-0.2, 0) is 14.2 Å². The van der Waals surface area contributed by atoms with E-state index in [0.29, 0.717) is 19.2 Å². The van der Waals surface area contributed by atoms with Crippen LogP contribution in [0.1, 0.15) is 27.2 Å². The molecule has 0 aromatic heterocycles. The SMILES string of the molecule is C=C1OCC(OC(CO)CC(C)(C)C)CO1. The lowest BCUT2D eigenvalue weighted by Gasteiger charge is -2.31. The molecule has 1 aliphatic heterocycles. The van der Waals surface area contributed by atoms with Gasteiger partial charge in [-0.2, -0.15) is 0 Å². The summed E-state index contributed by atoms with van der Waals surface area (Å²) in [5.74, 6) is 0.344. The van der Waals surface area contributed by atoms with E-state index in [1.807, 2.05) is 0 Å². The first-order chi connectivity index (χ1) is 7.40. The molecule has 1 aliphatic rings. The number of aliphatic hydroxyl groups is 1. The fraction of sp³-hybridized carbons (Fsp3) is 0.833. The zero-order chi connectivity index (χ0) is 12.2. The summed E-state index contributed by atoms with van der Waals surface area (Å²) in [5.41, 5.74) is 0.132. The fourth-order valence-electron chi connectivity index (χ4n) is 1.65. The van der Waals surface area contributed by atoms with Crippen molar-refractivity contribution >= 4 is 0 Å². The Hall–Kier alpha value is -0.740. The molecule has 1 N–H and O–H groups in total. The zero-order valence-corrected chi connectivity index (χ0v) is 10.4. The van der Waals surface area contributed by atoms with Crippen LogP contribution in [-0.4, -0.2) is 37.1 Å². The van der Waals surface area contributed by atoms with E-state index in [-0.39, 0.29) is 24.2 Å². The van der Waals surface area contributed by atoms with Gasteiger partial charge in [-0.05, 0) is 18.4 Å². The Morgan fingerprint density at radius 1 is 1.44 bits per heavy atom. The monoisotopic (exact) mass is 230 g/mol. The van der Waals surface area contributed by atoms with E-state index in [2.05, 4.69) is 27.4 Å². The van der Waals surface area contributed by atoms with Crippen LogP contribution in [0.15, 0.2) is 12.5 Å². The van der Waals surface area contributed by atoms with Gasteiger partial charge in [-0.1, -0.05) is 20.8 Å². The van der Waals surface area contributed by atoms with Crippen LogP contribution >= 0.6 is 0 Å². The van der Waals surface area contributed by atoms with Crippen molar-refractivity contribution in [1.82, 2.24) is 0 Å². The van der Waals surface area contributed by atoms with Crippen LogP contribution < -0.4 is 0 Å². The molecule has 0 saturated carbocycles. The summed E-state index contributed by atoms with van der Waals surface area (Å²) in [6, 6.07) is 0. The minimum Gasteiger partial charge on any atom is -0.463 e. The highest BCUT2D eigenvalue weighted by atomic mass is 16.7. The number of hydrogen-bond donors (Lipinski definition) is 1. The van der Waals surface area contributed by atoms with Crippen molar-refractivity contribution in [2.75, 3.05) is 19.8 Å². The fourth-order valence-corrected chi connectivity index (χ4v) is 1.65. The molecule has 94 valence electrons. The van der Waals surface area contributed by atoms with Gasteiger partial charge in [-0.25, -0.2) is 0 Å². The van der Waals surface area contributed by atoms with Gasteiger partial charge in [0.1, 0.15) is 19.3 Å². The van der Waals surface area contributed by atoms with E-state index >= 15 is 0 Å². The Labute approximate surface area is 97.2 Å². The average Bonchev–Trinajstić information content (AvgIpc) is 2.18. The smallest absolute Gasteiger partial charge is 0.271 e.